The van der Waals surface area contributed by atoms with Crippen molar-refractivity contribution in [3.05, 3.63) is 69.9 Å². The Morgan fingerprint density at radius 2 is 1.67 bits per heavy atom. The van der Waals surface area contributed by atoms with Crippen molar-refractivity contribution in [2.45, 2.75) is 31.7 Å². The van der Waals surface area contributed by atoms with Gasteiger partial charge in [0.05, 0.1) is 0 Å². The smallest absolute Gasteiger partial charge is 0.123 e. The summed E-state index contributed by atoms with van der Waals surface area (Å²) < 4.78 is 14.2. The van der Waals surface area contributed by atoms with Gasteiger partial charge < -0.3 is 0 Å². The van der Waals surface area contributed by atoms with Crippen LogP contribution in [0.25, 0.3) is 0 Å². The van der Waals surface area contributed by atoms with E-state index in [2.05, 4.69) is 47.3 Å². The quantitative estimate of drug-likeness (QED) is 0.633. The van der Waals surface area contributed by atoms with Gasteiger partial charge in [-0.15, -0.1) is 0 Å². The third-order valence-corrected chi connectivity index (χ3v) is 4.54. The standard InChI is InChI=1S/C17H20BrFN2/c1-17(2,13-5-9-15(19)10-6-13)16(21-20)11-12-3-7-14(18)8-4-12/h3-10,16,21H,11,20H2,1-2H3. The van der Waals surface area contributed by atoms with E-state index in [0.29, 0.717) is 0 Å². The lowest BCUT2D eigenvalue weighted by Gasteiger charge is -2.34. The Morgan fingerprint density at radius 1 is 1.10 bits per heavy atom. The van der Waals surface area contributed by atoms with Crippen LogP contribution in [0.1, 0.15) is 25.0 Å². The molecule has 0 radical (unpaired) electrons. The lowest BCUT2D eigenvalue weighted by atomic mass is 9.75. The first kappa shape index (κ1) is 16.1. The van der Waals surface area contributed by atoms with Crippen LogP contribution in [-0.2, 0) is 11.8 Å². The highest BCUT2D eigenvalue weighted by atomic mass is 79.9. The van der Waals surface area contributed by atoms with E-state index in [-0.39, 0.29) is 17.3 Å². The minimum absolute atomic E-state index is 0.0455. The Balaban J connectivity index is 2.22. The maximum absolute atomic E-state index is 13.1. The van der Waals surface area contributed by atoms with Gasteiger partial charge in [0.25, 0.3) is 0 Å². The molecule has 0 spiro atoms. The molecule has 0 amide bonds. The summed E-state index contributed by atoms with van der Waals surface area (Å²) in [7, 11) is 0. The molecule has 0 aromatic heterocycles. The zero-order chi connectivity index (χ0) is 15.5. The molecule has 0 saturated heterocycles. The summed E-state index contributed by atoms with van der Waals surface area (Å²) in [5.74, 6) is 5.55. The number of rotatable bonds is 5. The summed E-state index contributed by atoms with van der Waals surface area (Å²) in [4.78, 5) is 0. The Hall–Kier alpha value is -1.23. The number of hydrogen-bond donors (Lipinski definition) is 2. The zero-order valence-electron chi connectivity index (χ0n) is 12.2. The minimum Gasteiger partial charge on any atom is -0.271 e. The van der Waals surface area contributed by atoms with Crippen molar-refractivity contribution in [2.75, 3.05) is 0 Å². The van der Waals surface area contributed by atoms with Crippen molar-refractivity contribution >= 4 is 15.9 Å². The third kappa shape index (κ3) is 3.90. The molecule has 2 rings (SSSR count). The van der Waals surface area contributed by atoms with E-state index in [9.17, 15) is 4.39 Å². The topological polar surface area (TPSA) is 38.0 Å². The molecule has 2 nitrogen and oxygen atoms in total. The predicted octanol–water partition coefficient (Wildman–Crippen LogP) is 3.94. The van der Waals surface area contributed by atoms with Gasteiger partial charge in [0.1, 0.15) is 5.82 Å². The molecule has 0 aliphatic heterocycles. The first-order valence-electron chi connectivity index (χ1n) is 6.90. The van der Waals surface area contributed by atoms with Gasteiger partial charge in [0.2, 0.25) is 0 Å². The highest BCUT2D eigenvalue weighted by molar-refractivity contribution is 9.10. The minimum atomic E-state index is -0.222. The van der Waals surface area contributed by atoms with E-state index in [1.807, 2.05) is 24.3 Å². The van der Waals surface area contributed by atoms with E-state index in [1.165, 1.54) is 17.7 Å². The molecular weight excluding hydrogens is 331 g/mol. The van der Waals surface area contributed by atoms with Crippen molar-refractivity contribution < 1.29 is 4.39 Å². The SMILES string of the molecule is CC(C)(c1ccc(F)cc1)C(Cc1ccc(Br)cc1)NN. The molecule has 2 aromatic carbocycles. The molecule has 3 N–H and O–H groups in total. The van der Waals surface area contributed by atoms with Crippen molar-refractivity contribution in [1.29, 1.82) is 0 Å². The van der Waals surface area contributed by atoms with Gasteiger partial charge in [-0.3, -0.25) is 11.3 Å². The van der Waals surface area contributed by atoms with E-state index >= 15 is 0 Å². The highest BCUT2D eigenvalue weighted by Crippen LogP contribution is 2.29. The number of halogens is 2. The molecule has 0 saturated carbocycles. The van der Waals surface area contributed by atoms with E-state index in [0.717, 1.165) is 16.5 Å². The van der Waals surface area contributed by atoms with Crippen LogP contribution in [0.5, 0.6) is 0 Å². The second-order valence-electron chi connectivity index (χ2n) is 5.78. The van der Waals surface area contributed by atoms with E-state index < -0.39 is 0 Å². The monoisotopic (exact) mass is 350 g/mol. The fourth-order valence-electron chi connectivity index (χ4n) is 2.46. The summed E-state index contributed by atoms with van der Waals surface area (Å²) in [5, 5.41) is 0. The number of nitrogens with two attached hydrogens (primary N) is 1. The van der Waals surface area contributed by atoms with Gasteiger partial charge >= 0.3 is 0 Å². The maximum Gasteiger partial charge on any atom is 0.123 e. The average molecular weight is 351 g/mol. The van der Waals surface area contributed by atoms with E-state index in [1.54, 1.807) is 0 Å². The normalized spacial score (nSPS) is 13.2. The van der Waals surface area contributed by atoms with Crippen LogP contribution < -0.4 is 11.3 Å². The summed E-state index contributed by atoms with van der Waals surface area (Å²) >= 11 is 3.44. The van der Waals surface area contributed by atoms with Crippen molar-refractivity contribution in [2.24, 2.45) is 5.84 Å². The second kappa shape index (κ2) is 6.69. The predicted molar refractivity (Wildman–Crippen MR) is 88.4 cm³/mol. The van der Waals surface area contributed by atoms with Gasteiger partial charge in [0.15, 0.2) is 0 Å². The van der Waals surface area contributed by atoms with Crippen LogP contribution in [0.2, 0.25) is 0 Å². The molecule has 1 unspecified atom stereocenters. The Morgan fingerprint density at radius 3 is 2.19 bits per heavy atom. The molecule has 2 aromatic rings. The number of hydrogen-bond acceptors (Lipinski definition) is 2. The maximum atomic E-state index is 13.1. The fraction of sp³-hybridized carbons (Fsp3) is 0.294. The van der Waals surface area contributed by atoms with Crippen LogP contribution in [0.3, 0.4) is 0 Å². The van der Waals surface area contributed by atoms with Crippen LogP contribution in [-0.4, -0.2) is 6.04 Å². The third-order valence-electron chi connectivity index (χ3n) is 4.01. The van der Waals surface area contributed by atoms with Gasteiger partial charge in [-0.1, -0.05) is 54.0 Å². The molecule has 4 heteroatoms. The van der Waals surface area contributed by atoms with Crippen LogP contribution in [0.4, 0.5) is 4.39 Å². The Labute approximate surface area is 133 Å². The molecular formula is C17H20BrFN2. The Kier molecular flexibility index (Phi) is 5.14. The molecule has 21 heavy (non-hydrogen) atoms. The average Bonchev–Trinajstić information content (AvgIpc) is 2.47. The molecule has 1 atom stereocenters. The lowest BCUT2D eigenvalue weighted by molar-refractivity contribution is 0.341. The molecule has 0 aliphatic carbocycles. The molecule has 112 valence electrons. The van der Waals surface area contributed by atoms with Gasteiger partial charge in [-0.25, -0.2) is 4.39 Å². The number of benzene rings is 2. The molecule has 0 aliphatic rings. The summed E-state index contributed by atoms with van der Waals surface area (Å²) in [5.41, 5.74) is 4.96. The second-order valence-corrected chi connectivity index (χ2v) is 6.69. The fourth-order valence-corrected chi connectivity index (χ4v) is 2.72. The van der Waals surface area contributed by atoms with Crippen LogP contribution >= 0.6 is 15.9 Å². The first-order valence-corrected chi connectivity index (χ1v) is 7.69. The lowest BCUT2D eigenvalue weighted by Crippen LogP contribution is -2.49. The molecule has 0 heterocycles. The summed E-state index contributed by atoms with van der Waals surface area (Å²) in [6.45, 7) is 4.23. The van der Waals surface area contributed by atoms with Crippen molar-refractivity contribution in [3.8, 4) is 0 Å². The van der Waals surface area contributed by atoms with Gasteiger partial charge in [-0.05, 0) is 41.8 Å². The Bertz CT molecular complexity index is 579. The van der Waals surface area contributed by atoms with Gasteiger partial charge in [0, 0.05) is 15.9 Å². The molecule has 0 fully saturated rings. The zero-order valence-corrected chi connectivity index (χ0v) is 13.8. The summed E-state index contributed by atoms with van der Waals surface area (Å²) in [6.07, 6.45) is 0.800. The van der Waals surface area contributed by atoms with Crippen LogP contribution in [0.15, 0.2) is 53.0 Å². The highest BCUT2D eigenvalue weighted by Gasteiger charge is 2.30. The van der Waals surface area contributed by atoms with Gasteiger partial charge in [-0.2, -0.15) is 0 Å². The summed E-state index contributed by atoms with van der Waals surface area (Å²) in [6, 6.07) is 14.9. The number of hydrazine groups is 1. The van der Waals surface area contributed by atoms with Crippen molar-refractivity contribution in [1.82, 2.24) is 5.43 Å². The van der Waals surface area contributed by atoms with Crippen molar-refractivity contribution in [3.63, 3.8) is 0 Å². The number of nitrogens with one attached hydrogen (secondary N) is 1. The van der Waals surface area contributed by atoms with Crippen LogP contribution in [0, 0.1) is 5.82 Å². The largest absolute Gasteiger partial charge is 0.271 e. The first-order chi connectivity index (χ1) is 9.93. The molecule has 0 bridgehead atoms. The van der Waals surface area contributed by atoms with E-state index in [4.69, 9.17) is 5.84 Å².